The summed E-state index contributed by atoms with van der Waals surface area (Å²) in [4.78, 5) is 11.9. The van der Waals surface area contributed by atoms with Gasteiger partial charge in [-0.15, -0.1) is 0 Å². The summed E-state index contributed by atoms with van der Waals surface area (Å²) >= 11 is 0. The number of carbonyl (C=O) groups excluding carboxylic acids is 1. The van der Waals surface area contributed by atoms with Gasteiger partial charge in [0.15, 0.2) is 17.5 Å². The van der Waals surface area contributed by atoms with Crippen LogP contribution in [0.3, 0.4) is 0 Å². The first kappa shape index (κ1) is 19.3. The maximum atomic E-state index is 13.7. The van der Waals surface area contributed by atoms with Crippen LogP contribution in [0, 0.1) is 23.3 Å². The summed E-state index contributed by atoms with van der Waals surface area (Å²) in [5, 5.41) is 10.5. The van der Waals surface area contributed by atoms with Gasteiger partial charge >= 0.3 is 0 Å². The average Bonchev–Trinajstić information content (AvgIpc) is 3.31. The maximum absolute atomic E-state index is 13.7. The second-order valence-corrected chi connectivity index (χ2v) is 5.83. The van der Waals surface area contributed by atoms with E-state index in [9.17, 15) is 22.4 Å². The molecule has 1 aromatic carbocycles. The Morgan fingerprint density at radius 1 is 1.07 bits per heavy atom. The zero-order valence-electron chi connectivity index (χ0n) is 14.7. The van der Waals surface area contributed by atoms with Gasteiger partial charge in [-0.2, -0.15) is 10.2 Å². The molecule has 1 N–H and O–H groups in total. The Morgan fingerprint density at radius 3 is 2.54 bits per heavy atom. The van der Waals surface area contributed by atoms with Crippen LogP contribution < -0.4 is 5.32 Å². The van der Waals surface area contributed by atoms with Crippen molar-refractivity contribution in [1.29, 1.82) is 0 Å². The van der Waals surface area contributed by atoms with E-state index < -0.39 is 41.3 Å². The third kappa shape index (κ3) is 4.27. The highest BCUT2D eigenvalue weighted by Crippen LogP contribution is 2.20. The topological polar surface area (TPSA) is 64.7 Å². The summed E-state index contributed by atoms with van der Waals surface area (Å²) < 4.78 is 56.5. The minimum atomic E-state index is -1.76. The Balaban J connectivity index is 1.66. The summed E-state index contributed by atoms with van der Waals surface area (Å²) in [5.74, 6) is -6.66. The normalized spacial score (nSPS) is 11.3. The van der Waals surface area contributed by atoms with E-state index in [0.717, 1.165) is 10.2 Å². The highest BCUT2D eigenvalue weighted by molar-refractivity contribution is 6.01. The van der Waals surface area contributed by atoms with Crippen molar-refractivity contribution in [2.75, 3.05) is 5.32 Å². The molecule has 0 aliphatic carbocycles. The average molecular weight is 393 g/mol. The van der Waals surface area contributed by atoms with Gasteiger partial charge in [-0.25, -0.2) is 17.6 Å². The molecule has 28 heavy (non-hydrogen) atoms. The molecule has 0 atom stereocenters. The molecular formula is C18H15F4N5O. The van der Waals surface area contributed by atoms with Crippen molar-refractivity contribution in [1.82, 2.24) is 19.6 Å². The number of hydrogen-bond acceptors (Lipinski definition) is 3. The van der Waals surface area contributed by atoms with Gasteiger partial charge in [-0.1, -0.05) is 0 Å². The molecule has 0 unspecified atom stereocenters. The Hall–Kier alpha value is -3.43. The quantitative estimate of drug-likeness (QED) is 0.302. The van der Waals surface area contributed by atoms with Crippen LogP contribution in [-0.4, -0.2) is 25.5 Å². The number of nitrogens with one attached hydrogen (secondary N) is 1. The molecule has 0 spiro atoms. The van der Waals surface area contributed by atoms with Gasteiger partial charge in [0.2, 0.25) is 5.91 Å². The van der Waals surface area contributed by atoms with Crippen molar-refractivity contribution in [3.63, 3.8) is 0 Å². The van der Waals surface area contributed by atoms with Crippen LogP contribution in [0.15, 0.2) is 36.9 Å². The van der Waals surface area contributed by atoms with E-state index in [1.807, 2.05) is 6.92 Å². The van der Waals surface area contributed by atoms with E-state index in [-0.39, 0.29) is 11.8 Å². The van der Waals surface area contributed by atoms with Gasteiger partial charge in [-0.05, 0) is 13.0 Å². The van der Waals surface area contributed by atoms with Gasteiger partial charge in [0.1, 0.15) is 5.82 Å². The lowest BCUT2D eigenvalue weighted by Crippen LogP contribution is -2.09. The molecule has 0 saturated carbocycles. The minimum Gasteiger partial charge on any atom is -0.320 e. The highest BCUT2D eigenvalue weighted by Gasteiger charge is 2.19. The Kier molecular flexibility index (Phi) is 5.57. The molecule has 6 nitrogen and oxygen atoms in total. The van der Waals surface area contributed by atoms with Gasteiger partial charge in [0.05, 0.1) is 24.6 Å². The van der Waals surface area contributed by atoms with E-state index in [2.05, 4.69) is 15.5 Å². The molecule has 0 aliphatic heterocycles. The number of halogens is 4. The van der Waals surface area contributed by atoms with Crippen molar-refractivity contribution in [2.24, 2.45) is 0 Å². The SMILES string of the molecule is CCn1cc(/C=C/C(=O)Nc2cnn(Cc3c(F)cc(F)c(F)c3F)c2)cn1. The van der Waals surface area contributed by atoms with Crippen LogP contribution >= 0.6 is 0 Å². The molecule has 0 radical (unpaired) electrons. The van der Waals surface area contributed by atoms with Crippen LogP contribution in [0.1, 0.15) is 18.1 Å². The fraction of sp³-hybridized carbons (Fsp3) is 0.167. The summed E-state index contributed by atoms with van der Waals surface area (Å²) in [7, 11) is 0. The van der Waals surface area contributed by atoms with E-state index in [4.69, 9.17) is 0 Å². The van der Waals surface area contributed by atoms with Gasteiger partial charge < -0.3 is 5.32 Å². The zero-order chi connectivity index (χ0) is 20.3. The molecule has 0 fully saturated rings. The number of nitrogens with zero attached hydrogens (tertiary/aromatic N) is 4. The Morgan fingerprint density at radius 2 is 1.82 bits per heavy atom. The van der Waals surface area contributed by atoms with Gasteiger partial charge in [0, 0.05) is 42.2 Å². The lowest BCUT2D eigenvalue weighted by Gasteiger charge is -2.06. The van der Waals surface area contributed by atoms with Crippen LogP contribution in [0.25, 0.3) is 6.08 Å². The lowest BCUT2D eigenvalue weighted by molar-refractivity contribution is -0.111. The maximum Gasteiger partial charge on any atom is 0.248 e. The molecule has 0 bridgehead atoms. The fourth-order valence-corrected chi connectivity index (χ4v) is 2.42. The lowest BCUT2D eigenvalue weighted by atomic mass is 10.2. The molecule has 3 rings (SSSR count). The minimum absolute atomic E-state index is 0.266. The Labute approximate surface area is 157 Å². The van der Waals surface area contributed by atoms with Crippen molar-refractivity contribution in [3.05, 3.63) is 71.3 Å². The van der Waals surface area contributed by atoms with Crippen molar-refractivity contribution in [3.8, 4) is 0 Å². The highest BCUT2D eigenvalue weighted by atomic mass is 19.2. The first-order chi connectivity index (χ1) is 13.4. The Bertz CT molecular complexity index is 1040. The second-order valence-electron chi connectivity index (χ2n) is 5.83. The van der Waals surface area contributed by atoms with Gasteiger partial charge in [0.25, 0.3) is 0 Å². The summed E-state index contributed by atoms with van der Waals surface area (Å²) in [6.07, 6.45) is 8.81. The second kappa shape index (κ2) is 8.07. The van der Waals surface area contributed by atoms with Crippen molar-refractivity contribution >= 4 is 17.7 Å². The third-order valence-electron chi connectivity index (χ3n) is 3.83. The molecular weight excluding hydrogens is 378 g/mol. The summed E-state index contributed by atoms with van der Waals surface area (Å²) in [5.41, 5.74) is 0.340. The van der Waals surface area contributed by atoms with E-state index in [0.29, 0.717) is 6.54 Å². The van der Waals surface area contributed by atoms with Crippen LogP contribution in [0.2, 0.25) is 0 Å². The van der Waals surface area contributed by atoms with Crippen molar-refractivity contribution in [2.45, 2.75) is 20.0 Å². The largest absolute Gasteiger partial charge is 0.320 e. The number of aryl methyl sites for hydroxylation is 1. The molecule has 0 aliphatic rings. The molecule has 3 aromatic rings. The summed E-state index contributed by atoms with van der Waals surface area (Å²) in [6, 6.07) is 0.269. The fourth-order valence-electron chi connectivity index (χ4n) is 2.42. The van der Waals surface area contributed by atoms with E-state index in [1.54, 1.807) is 23.2 Å². The number of hydrogen-bond donors (Lipinski definition) is 1. The molecule has 2 heterocycles. The molecule has 1 amide bonds. The number of amides is 1. The summed E-state index contributed by atoms with van der Waals surface area (Å²) in [6.45, 7) is 2.16. The third-order valence-corrected chi connectivity index (χ3v) is 3.83. The molecule has 10 heteroatoms. The van der Waals surface area contributed by atoms with Crippen LogP contribution in [0.4, 0.5) is 23.2 Å². The number of aromatic nitrogens is 4. The number of benzene rings is 1. The predicted molar refractivity (Wildman–Crippen MR) is 93.2 cm³/mol. The zero-order valence-corrected chi connectivity index (χ0v) is 14.7. The predicted octanol–water partition coefficient (Wildman–Crippen LogP) is 3.36. The standard InChI is InChI=1S/C18H15F4N5O/c1-2-26-8-11(6-23-26)3-4-16(28)25-12-7-24-27(9-12)10-13-14(19)5-15(20)18(22)17(13)21/h3-9H,2,10H2,1H3,(H,25,28)/b4-3+. The number of rotatable bonds is 6. The molecule has 0 saturated heterocycles. The van der Waals surface area contributed by atoms with E-state index in [1.165, 1.54) is 18.5 Å². The smallest absolute Gasteiger partial charge is 0.248 e. The molecule has 2 aromatic heterocycles. The van der Waals surface area contributed by atoms with Gasteiger partial charge in [-0.3, -0.25) is 14.2 Å². The van der Waals surface area contributed by atoms with Crippen LogP contribution in [0.5, 0.6) is 0 Å². The number of carbonyl (C=O) groups is 1. The first-order valence-electron chi connectivity index (χ1n) is 8.23. The first-order valence-corrected chi connectivity index (χ1v) is 8.23. The molecule has 146 valence electrons. The monoisotopic (exact) mass is 393 g/mol. The number of anilines is 1. The van der Waals surface area contributed by atoms with Crippen LogP contribution in [-0.2, 0) is 17.9 Å². The van der Waals surface area contributed by atoms with E-state index >= 15 is 0 Å². The van der Waals surface area contributed by atoms with Crippen molar-refractivity contribution < 1.29 is 22.4 Å².